The van der Waals surface area contributed by atoms with Crippen LogP contribution >= 0.6 is 0 Å². The summed E-state index contributed by atoms with van der Waals surface area (Å²) in [5, 5.41) is 11.9. The first kappa shape index (κ1) is 20.7. The summed E-state index contributed by atoms with van der Waals surface area (Å²) in [6.07, 6.45) is 1.11. The molecule has 0 aliphatic rings. The highest BCUT2D eigenvalue weighted by molar-refractivity contribution is 5.97. The molecule has 2 N–H and O–H groups in total. The molecule has 0 unspecified atom stereocenters. The number of benzene rings is 1. The lowest BCUT2D eigenvalue weighted by Gasteiger charge is -2.27. The third-order valence-electron chi connectivity index (χ3n) is 4.81. The highest BCUT2D eigenvalue weighted by atomic mass is 16.4. The molecule has 2 rings (SSSR count). The summed E-state index contributed by atoms with van der Waals surface area (Å²) in [7, 11) is 0. The van der Waals surface area contributed by atoms with Crippen molar-refractivity contribution in [2.24, 2.45) is 0 Å². The standard InChI is InChI=1S/C22H29NO4/c1-14-12-27-17(11-18(24)25)19(14)20(26)23-13-22(5,6)16-9-7-15(8-10-16)21(2,3)4/h7-10,12H,11,13H2,1-6H3,(H,23,26)(H,24,25). The number of hydrogen-bond donors (Lipinski definition) is 2. The summed E-state index contributed by atoms with van der Waals surface area (Å²) in [6.45, 7) is 12.8. The van der Waals surface area contributed by atoms with E-state index in [2.05, 4.69) is 64.2 Å². The van der Waals surface area contributed by atoms with E-state index >= 15 is 0 Å². The maximum atomic E-state index is 12.6. The highest BCUT2D eigenvalue weighted by Gasteiger charge is 2.25. The largest absolute Gasteiger partial charge is 0.481 e. The number of aryl methyl sites for hydroxylation is 1. The molecule has 1 amide bonds. The number of carbonyl (C=O) groups is 2. The molecule has 0 bridgehead atoms. The summed E-state index contributed by atoms with van der Waals surface area (Å²) in [6, 6.07) is 8.46. The first-order chi connectivity index (χ1) is 12.4. The molecule has 0 saturated heterocycles. The van der Waals surface area contributed by atoms with Gasteiger partial charge in [0.1, 0.15) is 12.2 Å². The maximum Gasteiger partial charge on any atom is 0.311 e. The Bertz CT molecular complexity index is 823. The summed E-state index contributed by atoms with van der Waals surface area (Å²) in [4.78, 5) is 23.6. The molecule has 0 aliphatic carbocycles. The van der Waals surface area contributed by atoms with Gasteiger partial charge in [-0.15, -0.1) is 0 Å². The molecule has 5 heteroatoms. The monoisotopic (exact) mass is 371 g/mol. The highest BCUT2D eigenvalue weighted by Crippen LogP contribution is 2.27. The van der Waals surface area contributed by atoms with Crippen LogP contribution in [0.3, 0.4) is 0 Å². The zero-order valence-electron chi connectivity index (χ0n) is 17.0. The van der Waals surface area contributed by atoms with E-state index in [1.165, 1.54) is 11.8 Å². The van der Waals surface area contributed by atoms with Crippen LogP contribution in [0.2, 0.25) is 0 Å². The summed E-state index contributed by atoms with van der Waals surface area (Å²) in [5.74, 6) is -1.15. The molecule has 0 saturated carbocycles. The van der Waals surface area contributed by atoms with Gasteiger partial charge >= 0.3 is 5.97 Å². The van der Waals surface area contributed by atoms with Gasteiger partial charge in [0.25, 0.3) is 5.91 Å². The fourth-order valence-electron chi connectivity index (χ4n) is 2.98. The number of amides is 1. The number of hydrogen-bond acceptors (Lipinski definition) is 3. The molecule has 2 aromatic rings. The van der Waals surface area contributed by atoms with Crippen LogP contribution in [-0.2, 0) is 22.0 Å². The van der Waals surface area contributed by atoms with Crippen LogP contribution in [0.1, 0.15) is 67.4 Å². The minimum atomic E-state index is -1.03. The second-order valence-electron chi connectivity index (χ2n) is 8.68. The molecule has 1 heterocycles. The van der Waals surface area contributed by atoms with Crippen molar-refractivity contribution >= 4 is 11.9 Å². The maximum absolute atomic E-state index is 12.6. The second kappa shape index (κ2) is 7.59. The Labute approximate surface area is 160 Å². The third kappa shape index (κ3) is 5.00. The Hall–Kier alpha value is -2.56. The Morgan fingerprint density at radius 2 is 1.59 bits per heavy atom. The topological polar surface area (TPSA) is 79.5 Å². The number of rotatable bonds is 6. The lowest BCUT2D eigenvalue weighted by Crippen LogP contribution is -2.37. The quantitative estimate of drug-likeness (QED) is 0.797. The van der Waals surface area contributed by atoms with E-state index in [9.17, 15) is 9.59 Å². The van der Waals surface area contributed by atoms with Gasteiger partial charge in [-0.3, -0.25) is 9.59 Å². The van der Waals surface area contributed by atoms with Gasteiger partial charge in [-0.25, -0.2) is 0 Å². The predicted molar refractivity (Wildman–Crippen MR) is 105 cm³/mol. The van der Waals surface area contributed by atoms with Crippen molar-refractivity contribution < 1.29 is 19.1 Å². The SMILES string of the molecule is Cc1coc(CC(=O)O)c1C(=O)NCC(C)(C)c1ccc(C(C)(C)C)cc1. The first-order valence-corrected chi connectivity index (χ1v) is 9.10. The zero-order valence-corrected chi connectivity index (χ0v) is 17.0. The van der Waals surface area contributed by atoms with Gasteiger partial charge in [0, 0.05) is 17.5 Å². The van der Waals surface area contributed by atoms with Crippen molar-refractivity contribution in [1.82, 2.24) is 5.32 Å². The van der Waals surface area contributed by atoms with Gasteiger partial charge in [0.2, 0.25) is 0 Å². The fraction of sp³-hybridized carbons (Fsp3) is 0.455. The molecule has 0 radical (unpaired) electrons. The number of aliphatic carboxylic acids is 1. The van der Waals surface area contributed by atoms with Gasteiger partial charge in [-0.2, -0.15) is 0 Å². The van der Waals surface area contributed by atoms with E-state index in [0.29, 0.717) is 17.7 Å². The van der Waals surface area contributed by atoms with Crippen LogP contribution in [0.4, 0.5) is 0 Å². The average molecular weight is 371 g/mol. The first-order valence-electron chi connectivity index (χ1n) is 9.10. The van der Waals surface area contributed by atoms with Crippen LogP contribution in [0.5, 0.6) is 0 Å². The molecule has 0 spiro atoms. The summed E-state index contributed by atoms with van der Waals surface area (Å²) in [5.41, 5.74) is 3.17. The van der Waals surface area contributed by atoms with E-state index in [1.807, 2.05) is 0 Å². The number of carboxylic acid groups (broad SMARTS) is 1. The van der Waals surface area contributed by atoms with Crippen LogP contribution in [0.25, 0.3) is 0 Å². The second-order valence-corrected chi connectivity index (χ2v) is 8.68. The van der Waals surface area contributed by atoms with Crippen molar-refractivity contribution in [3.63, 3.8) is 0 Å². The summed E-state index contributed by atoms with van der Waals surface area (Å²) >= 11 is 0. The molecular formula is C22H29NO4. The van der Waals surface area contributed by atoms with Crippen LogP contribution in [0.15, 0.2) is 34.9 Å². The molecule has 5 nitrogen and oxygen atoms in total. The number of furan rings is 1. The third-order valence-corrected chi connectivity index (χ3v) is 4.81. The van der Waals surface area contributed by atoms with E-state index in [0.717, 1.165) is 5.56 Å². The molecular weight excluding hydrogens is 342 g/mol. The van der Waals surface area contributed by atoms with Crippen molar-refractivity contribution in [2.75, 3.05) is 6.54 Å². The van der Waals surface area contributed by atoms with Crippen molar-refractivity contribution in [3.8, 4) is 0 Å². The average Bonchev–Trinajstić information content (AvgIpc) is 2.92. The normalized spacial score (nSPS) is 12.1. The lowest BCUT2D eigenvalue weighted by atomic mass is 9.81. The molecule has 146 valence electrons. The molecule has 0 fully saturated rings. The van der Waals surface area contributed by atoms with E-state index in [4.69, 9.17) is 9.52 Å². The molecule has 1 aromatic carbocycles. The van der Waals surface area contributed by atoms with Crippen LogP contribution in [0, 0.1) is 6.92 Å². The van der Waals surface area contributed by atoms with Crippen molar-refractivity contribution in [3.05, 3.63) is 58.5 Å². The van der Waals surface area contributed by atoms with Crippen molar-refractivity contribution in [2.45, 2.75) is 58.8 Å². The lowest BCUT2D eigenvalue weighted by molar-refractivity contribution is -0.136. The van der Waals surface area contributed by atoms with E-state index in [1.54, 1.807) is 6.92 Å². The minimum Gasteiger partial charge on any atom is -0.481 e. The zero-order chi connectivity index (χ0) is 20.4. The smallest absolute Gasteiger partial charge is 0.311 e. The minimum absolute atomic E-state index is 0.0935. The molecule has 0 aliphatic heterocycles. The van der Waals surface area contributed by atoms with Crippen LogP contribution < -0.4 is 5.32 Å². The van der Waals surface area contributed by atoms with Crippen molar-refractivity contribution in [1.29, 1.82) is 0 Å². The predicted octanol–water partition coefficient (Wildman–Crippen LogP) is 4.22. The Morgan fingerprint density at radius 3 is 2.11 bits per heavy atom. The number of carboxylic acids is 1. The van der Waals surface area contributed by atoms with Gasteiger partial charge in [-0.05, 0) is 23.5 Å². The fourth-order valence-corrected chi connectivity index (χ4v) is 2.98. The van der Waals surface area contributed by atoms with Gasteiger partial charge < -0.3 is 14.8 Å². The van der Waals surface area contributed by atoms with Crippen LogP contribution in [-0.4, -0.2) is 23.5 Å². The van der Waals surface area contributed by atoms with E-state index < -0.39 is 5.97 Å². The van der Waals surface area contributed by atoms with Gasteiger partial charge in [-0.1, -0.05) is 58.9 Å². The number of carbonyl (C=O) groups excluding carboxylic acids is 1. The Kier molecular flexibility index (Phi) is 5.83. The van der Waals surface area contributed by atoms with E-state index in [-0.39, 0.29) is 28.9 Å². The number of nitrogens with one attached hydrogen (secondary N) is 1. The van der Waals surface area contributed by atoms with Gasteiger partial charge in [0.15, 0.2) is 0 Å². The molecule has 27 heavy (non-hydrogen) atoms. The molecule has 1 aromatic heterocycles. The Balaban J connectivity index is 2.12. The van der Waals surface area contributed by atoms with Gasteiger partial charge in [0.05, 0.1) is 11.8 Å². The molecule has 0 atom stereocenters. The Morgan fingerprint density at radius 1 is 1.04 bits per heavy atom. The summed E-state index contributed by atoms with van der Waals surface area (Å²) < 4.78 is 5.25.